The van der Waals surface area contributed by atoms with Gasteiger partial charge < -0.3 is 25.5 Å². The highest BCUT2D eigenvalue weighted by molar-refractivity contribution is 5.67. The van der Waals surface area contributed by atoms with Gasteiger partial charge in [-0.2, -0.15) is 5.10 Å². The molecule has 0 rings (SSSR count). The van der Waals surface area contributed by atoms with E-state index in [0.717, 1.165) is 19.1 Å². The predicted octanol–water partition coefficient (Wildman–Crippen LogP) is -0.138. The van der Waals surface area contributed by atoms with Gasteiger partial charge in [-0.25, -0.2) is 0 Å². The van der Waals surface area contributed by atoms with E-state index in [2.05, 4.69) is 10.5 Å². The van der Waals surface area contributed by atoms with E-state index in [-0.39, 0.29) is 6.04 Å². The molecule has 0 aromatic carbocycles. The third-order valence-corrected chi connectivity index (χ3v) is 2.26. The van der Waals surface area contributed by atoms with Crippen LogP contribution in [0.4, 0.5) is 0 Å². The van der Waals surface area contributed by atoms with Gasteiger partial charge in [0.1, 0.15) is 18.7 Å². The van der Waals surface area contributed by atoms with Crippen LogP contribution in [-0.4, -0.2) is 44.6 Å². The minimum atomic E-state index is -0.479. The molecule has 6 nitrogen and oxygen atoms in total. The van der Waals surface area contributed by atoms with Gasteiger partial charge in [-0.3, -0.25) is 0 Å². The Bertz CT molecular complexity index is 234. The zero-order chi connectivity index (χ0) is 12.9. The molecule has 0 radical (unpaired) electrons. The van der Waals surface area contributed by atoms with Crippen molar-refractivity contribution in [1.82, 2.24) is 5.43 Å². The van der Waals surface area contributed by atoms with Gasteiger partial charge in [0.15, 0.2) is 0 Å². The Morgan fingerprint density at radius 2 is 2.12 bits per heavy atom. The van der Waals surface area contributed by atoms with Crippen LogP contribution in [0.2, 0.25) is 0 Å². The van der Waals surface area contributed by atoms with Crippen molar-refractivity contribution >= 4 is 18.8 Å². The molecule has 0 aliphatic heterocycles. The first-order valence-corrected chi connectivity index (χ1v) is 5.69. The van der Waals surface area contributed by atoms with Crippen molar-refractivity contribution in [2.24, 2.45) is 10.8 Å². The van der Waals surface area contributed by atoms with E-state index >= 15 is 0 Å². The number of unbranched alkanes of at least 4 members (excludes halogenated alkanes) is 1. The Morgan fingerprint density at radius 3 is 2.65 bits per heavy atom. The molecular weight excluding hydrogens is 222 g/mol. The van der Waals surface area contributed by atoms with Crippen LogP contribution >= 0.6 is 0 Å². The van der Waals surface area contributed by atoms with Gasteiger partial charge in [0.25, 0.3) is 0 Å². The van der Waals surface area contributed by atoms with Gasteiger partial charge >= 0.3 is 0 Å². The number of methoxy groups -OCH3 is 1. The Morgan fingerprint density at radius 1 is 1.35 bits per heavy atom. The molecule has 0 aromatic rings. The van der Waals surface area contributed by atoms with Crippen molar-refractivity contribution < 1.29 is 14.3 Å². The van der Waals surface area contributed by atoms with Crippen molar-refractivity contribution in [1.29, 1.82) is 0 Å². The number of nitrogens with two attached hydrogens (primary N) is 1. The molecule has 0 aliphatic rings. The first kappa shape index (κ1) is 15.7. The standard InChI is InChI=1S/C11H21N3O3/c1-17-11(9-16)5-7-13-14-10(8-15)4-2-3-6-12/h7-11,14H,2-6,12H2,1H3/t10-,11?/m0/s1. The minimum absolute atomic E-state index is 0.296. The zero-order valence-corrected chi connectivity index (χ0v) is 10.2. The molecule has 2 atom stereocenters. The normalized spacial score (nSPS) is 14.5. The molecule has 6 heteroatoms. The van der Waals surface area contributed by atoms with Crippen molar-refractivity contribution in [2.45, 2.75) is 37.8 Å². The highest BCUT2D eigenvalue weighted by Gasteiger charge is 2.05. The van der Waals surface area contributed by atoms with Gasteiger partial charge in [0.05, 0.1) is 6.04 Å². The Labute approximate surface area is 102 Å². The summed E-state index contributed by atoms with van der Waals surface area (Å²) in [5.74, 6) is 0. The molecular formula is C11H21N3O3. The second-order valence-corrected chi connectivity index (χ2v) is 3.61. The van der Waals surface area contributed by atoms with E-state index in [9.17, 15) is 9.59 Å². The lowest BCUT2D eigenvalue weighted by atomic mass is 10.1. The number of carbonyl (C=O) groups is 2. The van der Waals surface area contributed by atoms with Gasteiger partial charge in [0.2, 0.25) is 0 Å². The smallest absolute Gasteiger partial charge is 0.149 e. The van der Waals surface area contributed by atoms with Crippen LogP contribution in [0.25, 0.3) is 0 Å². The van der Waals surface area contributed by atoms with Gasteiger partial charge in [-0.05, 0) is 25.8 Å². The lowest BCUT2D eigenvalue weighted by molar-refractivity contribution is -0.116. The lowest BCUT2D eigenvalue weighted by Crippen LogP contribution is -2.26. The summed E-state index contributed by atoms with van der Waals surface area (Å²) in [5.41, 5.74) is 8.08. The molecule has 0 saturated carbocycles. The highest BCUT2D eigenvalue weighted by Crippen LogP contribution is 1.98. The number of rotatable bonds is 11. The van der Waals surface area contributed by atoms with Crippen molar-refractivity contribution in [3.8, 4) is 0 Å². The molecule has 0 aliphatic carbocycles. The third kappa shape index (κ3) is 8.53. The molecule has 0 fully saturated rings. The van der Waals surface area contributed by atoms with E-state index in [1.54, 1.807) is 0 Å². The predicted molar refractivity (Wildman–Crippen MR) is 65.9 cm³/mol. The second-order valence-electron chi connectivity index (χ2n) is 3.61. The molecule has 3 N–H and O–H groups in total. The molecule has 1 unspecified atom stereocenters. The number of hydrogen-bond donors (Lipinski definition) is 2. The molecule has 0 aromatic heterocycles. The van der Waals surface area contributed by atoms with Gasteiger partial charge in [-0.15, -0.1) is 0 Å². The van der Waals surface area contributed by atoms with Crippen molar-refractivity contribution in [3.05, 3.63) is 0 Å². The Kier molecular flexibility index (Phi) is 10.4. The summed E-state index contributed by atoms with van der Waals surface area (Å²) < 4.78 is 4.84. The fraction of sp³-hybridized carbons (Fsp3) is 0.727. The summed E-state index contributed by atoms with van der Waals surface area (Å²) >= 11 is 0. The fourth-order valence-electron chi connectivity index (χ4n) is 1.18. The maximum absolute atomic E-state index is 10.7. The number of ether oxygens (including phenoxy) is 1. The number of nitrogens with one attached hydrogen (secondary N) is 1. The summed E-state index contributed by atoms with van der Waals surface area (Å²) in [6, 6.07) is -0.296. The van der Waals surface area contributed by atoms with Crippen LogP contribution in [0.1, 0.15) is 25.7 Å². The number of carbonyl (C=O) groups excluding carboxylic acids is 2. The monoisotopic (exact) mass is 243 g/mol. The first-order valence-electron chi connectivity index (χ1n) is 5.69. The van der Waals surface area contributed by atoms with Crippen LogP contribution < -0.4 is 11.2 Å². The fourth-order valence-corrected chi connectivity index (χ4v) is 1.18. The summed E-state index contributed by atoms with van der Waals surface area (Å²) in [6.45, 7) is 0.629. The average Bonchev–Trinajstić information content (AvgIpc) is 2.37. The average molecular weight is 243 g/mol. The Hall–Kier alpha value is -1.27. The lowest BCUT2D eigenvalue weighted by Gasteiger charge is -2.09. The molecule has 0 saturated heterocycles. The SMILES string of the molecule is COC(C=O)CC=NN[C@H](C=O)CCCCN. The number of aldehydes is 2. The third-order valence-electron chi connectivity index (χ3n) is 2.26. The van der Waals surface area contributed by atoms with Crippen LogP contribution in [0.3, 0.4) is 0 Å². The summed E-state index contributed by atoms with van der Waals surface area (Å²) in [6.07, 6.45) is 5.46. The van der Waals surface area contributed by atoms with Gasteiger partial charge in [-0.1, -0.05) is 0 Å². The molecule has 0 spiro atoms. The van der Waals surface area contributed by atoms with Crippen LogP contribution in [0, 0.1) is 0 Å². The van der Waals surface area contributed by atoms with E-state index in [1.165, 1.54) is 13.3 Å². The number of hydrogen-bond acceptors (Lipinski definition) is 6. The summed E-state index contributed by atoms with van der Waals surface area (Å²) in [5, 5.41) is 3.88. The van der Waals surface area contributed by atoms with E-state index in [0.29, 0.717) is 25.7 Å². The minimum Gasteiger partial charge on any atom is -0.374 e. The topological polar surface area (TPSA) is 93.8 Å². The maximum Gasteiger partial charge on any atom is 0.149 e. The molecule has 0 amide bonds. The van der Waals surface area contributed by atoms with E-state index in [1.807, 2.05) is 0 Å². The Balaban J connectivity index is 3.76. The highest BCUT2D eigenvalue weighted by atomic mass is 16.5. The molecule has 0 bridgehead atoms. The first-order chi connectivity index (χ1) is 8.28. The molecule has 17 heavy (non-hydrogen) atoms. The largest absolute Gasteiger partial charge is 0.374 e. The van der Waals surface area contributed by atoms with E-state index < -0.39 is 6.10 Å². The maximum atomic E-state index is 10.7. The number of nitrogens with zero attached hydrogens (tertiary/aromatic N) is 1. The van der Waals surface area contributed by atoms with Gasteiger partial charge in [0, 0.05) is 19.7 Å². The molecule has 98 valence electrons. The van der Waals surface area contributed by atoms with Crippen LogP contribution in [0.15, 0.2) is 5.10 Å². The molecule has 0 heterocycles. The zero-order valence-electron chi connectivity index (χ0n) is 10.2. The summed E-state index contributed by atoms with van der Waals surface area (Å²) in [4.78, 5) is 21.1. The second kappa shape index (κ2) is 11.2. The van der Waals surface area contributed by atoms with E-state index in [4.69, 9.17) is 10.5 Å². The summed E-state index contributed by atoms with van der Waals surface area (Å²) in [7, 11) is 1.46. The quantitative estimate of drug-likeness (QED) is 0.228. The van der Waals surface area contributed by atoms with Crippen molar-refractivity contribution in [3.63, 3.8) is 0 Å². The van der Waals surface area contributed by atoms with Crippen molar-refractivity contribution in [2.75, 3.05) is 13.7 Å². The number of hydrazone groups is 1. The van der Waals surface area contributed by atoms with Crippen LogP contribution in [-0.2, 0) is 14.3 Å². The van der Waals surface area contributed by atoms with Crippen LogP contribution in [0.5, 0.6) is 0 Å².